The van der Waals surface area contributed by atoms with Gasteiger partial charge in [0.05, 0.1) is 22.8 Å². The number of rotatable bonds is 44. The van der Waals surface area contributed by atoms with Crippen LogP contribution >= 0.6 is 127 Å². The van der Waals surface area contributed by atoms with E-state index in [2.05, 4.69) is 137 Å². The van der Waals surface area contributed by atoms with Crippen molar-refractivity contribution in [3.8, 4) is 90.5 Å². The Morgan fingerprint density at radius 2 is 0.383 bits per heavy atom. The van der Waals surface area contributed by atoms with E-state index in [0.29, 0.717) is 89.4 Å². The molecule has 0 amide bonds. The summed E-state index contributed by atoms with van der Waals surface area (Å²) in [6, 6.07) is 28.2. The van der Waals surface area contributed by atoms with Crippen LogP contribution in [0.4, 0.5) is 0 Å². The zero-order valence-electron chi connectivity index (χ0n) is 66.2. The number of halogens is 8. The van der Waals surface area contributed by atoms with Crippen LogP contribution in [0.1, 0.15) is 78.2 Å². The highest BCUT2D eigenvalue weighted by Gasteiger charge is 2.26. The molecular weight excluding hydrogens is 2090 g/mol. The smallest absolute Gasteiger partial charge is 0.319 e. The van der Waals surface area contributed by atoms with Gasteiger partial charge in [-0.1, -0.05) is 127 Å². The van der Waals surface area contributed by atoms with Crippen molar-refractivity contribution >= 4 is 222 Å². The molecule has 0 saturated carbocycles. The Morgan fingerprint density at radius 3 is 0.517 bits per heavy atom. The van der Waals surface area contributed by atoms with Crippen LogP contribution in [0.25, 0.3) is 90.9 Å². The summed E-state index contributed by atoms with van der Waals surface area (Å²) < 4.78 is 95.2. The van der Waals surface area contributed by atoms with Crippen LogP contribution in [0.15, 0.2) is 97.1 Å². The first-order chi connectivity index (χ1) is 57.4. The van der Waals surface area contributed by atoms with E-state index >= 15 is 0 Å². The minimum Gasteiger partial charge on any atom is -0.490 e. The highest BCUT2D eigenvalue weighted by Crippen LogP contribution is 2.44. The van der Waals surface area contributed by atoms with Crippen LogP contribution in [0.3, 0.4) is 0 Å². The lowest BCUT2D eigenvalue weighted by Crippen LogP contribution is -2.18. The van der Waals surface area contributed by atoms with Crippen LogP contribution in [0.5, 0.6) is 46.0 Å². The van der Waals surface area contributed by atoms with Crippen molar-refractivity contribution in [1.82, 2.24) is 19.9 Å². The summed E-state index contributed by atoms with van der Waals surface area (Å²) in [6.45, 7) is 11.4. The number of nitrogens with zero attached hydrogens (tertiary/aromatic N) is 2. The summed E-state index contributed by atoms with van der Waals surface area (Å²) in [5.41, 5.74) is 7.17. The number of esters is 8. The molecule has 2 aliphatic rings. The van der Waals surface area contributed by atoms with Crippen LogP contribution in [0, 0.1) is 0 Å². The van der Waals surface area contributed by atoms with Gasteiger partial charge in [-0.05, 0) is 175 Å². The van der Waals surface area contributed by atoms with Crippen LogP contribution < -0.4 is 37.9 Å². The number of benzene rings is 4. The Kier molecular flexibility index (Phi) is 37.5. The monoisotopic (exact) mass is 2170 g/mol. The summed E-state index contributed by atoms with van der Waals surface area (Å²) in [6.07, 6.45) is 7.33. The van der Waals surface area contributed by atoms with Crippen LogP contribution in [0.2, 0.25) is 0 Å². The number of aromatic amines is 2. The fourth-order valence-electron chi connectivity index (χ4n) is 11.3. The van der Waals surface area contributed by atoms with E-state index in [1.807, 2.05) is 48.6 Å². The minimum atomic E-state index is -0.591. The third-order valence-corrected chi connectivity index (χ3v) is 19.8. The number of aromatic nitrogens is 4. The van der Waals surface area contributed by atoms with Crippen LogP contribution in [-0.4, -0.2) is 212 Å². The van der Waals surface area contributed by atoms with Crippen molar-refractivity contribution in [2.45, 2.75) is 94.0 Å². The molecule has 2 aliphatic heterocycles. The van der Waals surface area contributed by atoms with Gasteiger partial charge in [0, 0.05) is 68.6 Å². The molecule has 642 valence electrons. The quantitative estimate of drug-likeness (QED) is 0.0155. The van der Waals surface area contributed by atoms with E-state index in [4.69, 9.17) is 85.8 Å². The van der Waals surface area contributed by atoms with Gasteiger partial charge >= 0.3 is 47.8 Å². The van der Waals surface area contributed by atoms with Gasteiger partial charge in [0.25, 0.3) is 0 Å². The molecule has 9 rings (SSSR count). The number of nitrogens with one attached hydrogen (secondary N) is 2. The van der Waals surface area contributed by atoms with E-state index < -0.39 is 86.4 Å². The lowest BCUT2D eigenvalue weighted by Gasteiger charge is -2.15. The number of carbonyl (C=O) groups is 8. The molecule has 0 saturated heterocycles. The second kappa shape index (κ2) is 47.2. The molecule has 0 aliphatic carbocycles. The Hall–Kier alpha value is -8.52. The highest BCUT2D eigenvalue weighted by atomic mass is 79.9. The molecule has 4 aromatic carbocycles. The van der Waals surface area contributed by atoms with E-state index in [9.17, 15) is 38.4 Å². The van der Waals surface area contributed by atoms with Gasteiger partial charge in [-0.25, -0.2) is 9.97 Å². The topological polar surface area (TPSA) is 342 Å². The first-order valence-electron chi connectivity index (χ1n) is 37.7. The molecular formula is C84H86Br8N4O24. The molecule has 0 radical (unpaired) electrons. The third-order valence-electron chi connectivity index (χ3n) is 16.8. The number of H-pyrrole nitrogens is 2. The fraction of sp³-hybridized carbons (Fsp3) is 0.381. The standard InChI is InChI=1S/C84H86Br8N4O24/c1-45(85)77(97)113-25-17-105-57-33-53(34-58(41-57)106-18-26-114-78(98)46(2)86)73-65-9-11-67(93-65)74(54-35-59(107-19-27-115-79(99)47(3)87)42-60(36-54)108-20-28-116-80(100)48(4)88)69-13-15-71(95-69)76(56-39-63(111-23-31-119-83(103)51(7)91)44-64(40-56)112-24-32-120-84(104)52(8)92)72-16-14-70(96-72)75(68-12-10-66(73)94-68)55-37-61(109-21-29-117-81(101)49(5)89)43-62(38-55)110-22-30-118-82(102)50(6)90/h9-16,33-52,93,96H,17-32H2,1-8H3. The van der Waals surface area contributed by atoms with Gasteiger partial charge in [0.1, 0.15) is 190 Å². The molecule has 0 fully saturated rings. The summed E-state index contributed by atoms with van der Waals surface area (Å²) in [4.78, 5) is 115. The van der Waals surface area contributed by atoms with Crippen molar-refractivity contribution in [3.63, 3.8) is 0 Å². The lowest BCUT2D eigenvalue weighted by molar-refractivity contribution is -0.144. The van der Waals surface area contributed by atoms with Gasteiger partial charge < -0.3 is 85.8 Å². The van der Waals surface area contributed by atoms with Crippen molar-refractivity contribution in [3.05, 3.63) is 120 Å². The zero-order valence-corrected chi connectivity index (χ0v) is 78.9. The fourth-order valence-corrected chi connectivity index (χ4v) is 12.3. The van der Waals surface area contributed by atoms with Gasteiger partial charge in [0.2, 0.25) is 0 Å². The Bertz CT molecular complexity index is 4250. The number of alkyl halides is 8. The molecule has 0 spiro atoms. The van der Waals surface area contributed by atoms with E-state index in [-0.39, 0.29) is 152 Å². The normalized spacial score (nSPS) is 13.5. The zero-order chi connectivity index (χ0) is 86.7. The highest BCUT2D eigenvalue weighted by molar-refractivity contribution is 9.11. The SMILES string of the molecule is CC(Br)C(=O)OCCOc1cc(OCCOC(=O)C(C)Br)cc(-c2c3nc(c(-c4cc(OCCOC(=O)C(C)Br)cc(OCCOC(=O)C(C)Br)c4)c4ccc([nH]4)c(-c4cc(OCCOC(=O)C(C)Br)cc(OCCOC(=O)C(C)Br)c4)c4nc(c(-c5cc(OCCOC(=O)C(C)Br)cc(OCCOC(=O)C(C)Br)c5)c5ccc2[nH]5)C=C4)C=C3)c1. The maximum absolute atomic E-state index is 12.7. The van der Waals surface area contributed by atoms with Crippen molar-refractivity contribution in [2.24, 2.45) is 0 Å². The van der Waals surface area contributed by atoms with Crippen molar-refractivity contribution in [2.75, 3.05) is 106 Å². The third kappa shape index (κ3) is 28.8. The average Bonchev–Trinajstić information content (AvgIpc) is 1.60. The van der Waals surface area contributed by atoms with Crippen LogP contribution in [-0.2, 0) is 76.3 Å². The van der Waals surface area contributed by atoms with Gasteiger partial charge in [-0.3, -0.25) is 38.4 Å². The number of hydrogen-bond donors (Lipinski definition) is 2. The molecule has 36 heteroatoms. The number of carbonyl (C=O) groups excluding carboxylic acids is 8. The Labute approximate surface area is 759 Å². The van der Waals surface area contributed by atoms with E-state index in [1.54, 1.807) is 128 Å². The molecule has 2 N–H and O–H groups in total. The number of hydrogen-bond acceptors (Lipinski definition) is 26. The van der Waals surface area contributed by atoms with Gasteiger partial charge in [-0.15, -0.1) is 0 Å². The summed E-state index contributed by atoms with van der Waals surface area (Å²) in [7, 11) is 0. The summed E-state index contributed by atoms with van der Waals surface area (Å²) in [5, 5.41) is 0. The lowest BCUT2D eigenvalue weighted by atomic mass is 10.0. The first kappa shape index (κ1) is 95.3. The van der Waals surface area contributed by atoms with E-state index in [1.165, 1.54) is 0 Å². The maximum atomic E-state index is 12.7. The summed E-state index contributed by atoms with van der Waals surface area (Å²) >= 11 is 26.2. The second-order valence-corrected chi connectivity index (χ2v) is 37.3. The Balaban J connectivity index is 1.40. The molecule has 28 nitrogen and oxygen atoms in total. The largest absolute Gasteiger partial charge is 0.490 e. The number of fused-ring (bicyclic) bond motifs is 8. The Morgan fingerprint density at radius 1 is 0.242 bits per heavy atom. The molecule has 3 aromatic heterocycles. The van der Waals surface area contributed by atoms with Gasteiger partial charge in [-0.2, -0.15) is 0 Å². The molecule has 120 heavy (non-hydrogen) atoms. The maximum Gasteiger partial charge on any atom is 0.319 e. The average molecular weight is 2170 g/mol. The molecule has 8 atom stereocenters. The van der Waals surface area contributed by atoms with Crippen molar-refractivity contribution in [1.29, 1.82) is 0 Å². The predicted octanol–water partition coefficient (Wildman–Crippen LogP) is 17.0. The minimum absolute atomic E-state index is 0.0912. The summed E-state index contributed by atoms with van der Waals surface area (Å²) in [5.74, 6) is -1.84. The van der Waals surface area contributed by atoms with E-state index in [0.717, 1.165) is 0 Å². The number of ether oxygens (including phenoxy) is 16. The second-order valence-electron chi connectivity index (χ2n) is 26.3. The molecule has 8 bridgehead atoms. The van der Waals surface area contributed by atoms with Gasteiger partial charge in [0.15, 0.2) is 0 Å². The predicted molar refractivity (Wildman–Crippen MR) is 479 cm³/mol. The molecule has 5 heterocycles. The molecule has 8 unspecified atom stereocenters. The molecule has 7 aromatic rings. The van der Waals surface area contributed by atoms with Crippen molar-refractivity contribution < 1.29 is 114 Å². The first-order valence-corrected chi connectivity index (χ1v) is 45.0.